The Morgan fingerprint density at radius 2 is 1.83 bits per heavy atom. The molecular formula is C17H27N3O2S. The Labute approximate surface area is 141 Å². The molecule has 23 heavy (non-hydrogen) atoms. The van der Waals surface area contributed by atoms with Crippen molar-refractivity contribution in [3.63, 3.8) is 0 Å². The molecule has 0 spiro atoms. The van der Waals surface area contributed by atoms with E-state index >= 15 is 0 Å². The van der Waals surface area contributed by atoms with E-state index in [1.54, 1.807) is 0 Å². The summed E-state index contributed by atoms with van der Waals surface area (Å²) >= 11 is 1.28. The van der Waals surface area contributed by atoms with E-state index < -0.39 is 0 Å². The van der Waals surface area contributed by atoms with Crippen LogP contribution in [0.25, 0.3) is 0 Å². The highest BCUT2D eigenvalue weighted by atomic mass is 32.1. The molecule has 0 aliphatic carbocycles. The van der Waals surface area contributed by atoms with Gasteiger partial charge in [-0.1, -0.05) is 11.3 Å². The normalized spacial score (nSPS) is 20.8. The fraction of sp³-hybridized carbons (Fsp3) is 0.765. The standard InChI is InChI=1S/C17H27N3O2S/c1-14-13-23-17(22)20(14)12-11-18-9-5-15(6-10-18)16(21)19-7-3-2-4-8-19/h13,15H,2-12H2,1H3. The molecule has 2 fully saturated rings. The quantitative estimate of drug-likeness (QED) is 0.843. The maximum atomic E-state index is 12.6. The molecule has 0 saturated carbocycles. The topological polar surface area (TPSA) is 45.6 Å². The molecule has 0 N–H and O–H groups in total. The van der Waals surface area contributed by atoms with Crippen LogP contribution in [0.2, 0.25) is 0 Å². The van der Waals surface area contributed by atoms with Gasteiger partial charge in [-0.2, -0.15) is 0 Å². The first-order valence-electron chi connectivity index (χ1n) is 8.81. The van der Waals surface area contributed by atoms with Crippen molar-refractivity contribution in [2.45, 2.75) is 45.6 Å². The van der Waals surface area contributed by atoms with Gasteiger partial charge in [0.25, 0.3) is 0 Å². The Kier molecular flexibility index (Phi) is 5.54. The van der Waals surface area contributed by atoms with Crippen LogP contribution in [0.5, 0.6) is 0 Å². The van der Waals surface area contributed by atoms with Gasteiger partial charge in [-0.05, 0) is 52.1 Å². The average Bonchev–Trinajstić information content (AvgIpc) is 2.92. The first-order valence-corrected chi connectivity index (χ1v) is 9.69. The molecule has 3 heterocycles. The Bertz CT molecular complexity index is 581. The van der Waals surface area contributed by atoms with Crippen molar-refractivity contribution in [1.82, 2.24) is 14.4 Å². The molecule has 1 aromatic rings. The van der Waals surface area contributed by atoms with Crippen molar-refractivity contribution < 1.29 is 4.79 Å². The van der Waals surface area contributed by atoms with Crippen LogP contribution in [0.4, 0.5) is 0 Å². The number of rotatable bonds is 4. The van der Waals surface area contributed by atoms with Gasteiger partial charge in [0.15, 0.2) is 0 Å². The zero-order valence-corrected chi connectivity index (χ0v) is 14.8. The summed E-state index contributed by atoms with van der Waals surface area (Å²) in [5.74, 6) is 0.601. The SMILES string of the molecule is Cc1csc(=O)n1CCN1CCC(C(=O)N2CCCCC2)CC1. The number of hydrogen-bond donors (Lipinski definition) is 0. The van der Waals surface area contributed by atoms with Crippen LogP contribution >= 0.6 is 11.3 Å². The molecule has 2 saturated heterocycles. The second-order valence-electron chi connectivity index (χ2n) is 6.80. The number of amides is 1. The number of aryl methyl sites for hydroxylation is 1. The number of thiazole rings is 1. The van der Waals surface area contributed by atoms with E-state index in [0.717, 1.165) is 57.8 Å². The number of piperidine rings is 2. The fourth-order valence-corrected chi connectivity index (χ4v) is 4.45. The first-order chi connectivity index (χ1) is 11.1. The largest absolute Gasteiger partial charge is 0.342 e. The van der Waals surface area contributed by atoms with Gasteiger partial charge in [-0.15, -0.1) is 0 Å². The number of carbonyl (C=O) groups excluding carboxylic acids is 1. The minimum atomic E-state index is 0.137. The highest BCUT2D eigenvalue weighted by Gasteiger charge is 2.29. The molecule has 2 aliphatic rings. The summed E-state index contributed by atoms with van der Waals surface area (Å²) in [6.45, 7) is 7.52. The maximum Gasteiger partial charge on any atom is 0.307 e. The van der Waals surface area contributed by atoms with Gasteiger partial charge in [0, 0.05) is 43.2 Å². The molecular weight excluding hydrogens is 310 g/mol. The number of hydrogen-bond acceptors (Lipinski definition) is 4. The van der Waals surface area contributed by atoms with Gasteiger partial charge in [-0.25, -0.2) is 0 Å². The molecule has 1 aromatic heterocycles. The minimum Gasteiger partial charge on any atom is -0.342 e. The molecule has 5 nitrogen and oxygen atoms in total. The predicted molar refractivity (Wildman–Crippen MR) is 92.9 cm³/mol. The summed E-state index contributed by atoms with van der Waals surface area (Å²) in [4.78, 5) is 28.9. The molecule has 0 aromatic carbocycles. The van der Waals surface area contributed by atoms with Gasteiger partial charge in [0.2, 0.25) is 5.91 Å². The summed E-state index contributed by atoms with van der Waals surface area (Å²) in [5.41, 5.74) is 1.05. The first kappa shape index (κ1) is 16.7. The molecule has 0 radical (unpaired) electrons. The van der Waals surface area contributed by atoms with Gasteiger partial charge in [0.05, 0.1) is 0 Å². The molecule has 0 bridgehead atoms. The van der Waals surface area contributed by atoms with Gasteiger partial charge < -0.3 is 14.4 Å². The second-order valence-corrected chi connectivity index (χ2v) is 7.62. The lowest BCUT2D eigenvalue weighted by molar-refractivity contribution is -0.138. The number of carbonyl (C=O) groups is 1. The highest BCUT2D eigenvalue weighted by Crippen LogP contribution is 2.21. The monoisotopic (exact) mass is 337 g/mol. The second kappa shape index (κ2) is 7.62. The molecule has 128 valence electrons. The van der Waals surface area contributed by atoms with E-state index in [9.17, 15) is 9.59 Å². The lowest BCUT2D eigenvalue weighted by Crippen LogP contribution is -2.45. The van der Waals surface area contributed by atoms with E-state index in [1.807, 2.05) is 16.9 Å². The zero-order valence-electron chi connectivity index (χ0n) is 14.0. The van der Waals surface area contributed by atoms with Crippen LogP contribution in [-0.4, -0.2) is 53.0 Å². The third-order valence-corrected chi connectivity index (χ3v) is 6.10. The van der Waals surface area contributed by atoms with Crippen LogP contribution in [0.15, 0.2) is 10.2 Å². The lowest BCUT2D eigenvalue weighted by atomic mass is 9.94. The summed E-state index contributed by atoms with van der Waals surface area (Å²) in [7, 11) is 0. The van der Waals surface area contributed by atoms with Gasteiger partial charge >= 0.3 is 4.87 Å². The molecule has 0 atom stereocenters. The molecule has 0 unspecified atom stereocenters. The van der Waals surface area contributed by atoms with Crippen LogP contribution in [0.3, 0.4) is 0 Å². The third-order valence-electron chi connectivity index (χ3n) is 5.22. The van der Waals surface area contributed by atoms with Crippen molar-refractivity contribution in [2.75, 3.05) is 32.7 Å². The molecule has 3 rings (SSSR count). The van der Waals surface area contributed by atoms with E-state index in [4.69, 9.17) is 0 Å². The Morgan fingerprint density at radius 1 is 1.13 bits per heavy atom. The maximum absolute atomic E-state index is 12.6. The zero-order chi connectivity index (χ0) is 16.2. The Balaban J connectivity index is 1.45. The average molecular weight is 337 g/mol. The number of likely N-dealkylation sites (tertiary alicyclic amines) is 2. The van der Waals surface area contributed by atoms with Gasteiger partial charge in [-0.3, -0.25) is 9.59 Å². The van der Waals surface area contributed by atoms with Crippen molar-refractivity contribution >= 4 is 17.2 Å². The Hall–Kier alpha value is -1.14. The summed E-state index contributed by atoms with van der Waals surface area (Å²) in [6.07, 6.45) is 5.53. The van der Waals surface area contributed by atoms with E-state index in [-0.39, 0.29) is 10.8 Å². The summed E-state index contributed by atoms with van der Waals surface area (Å²) in [5, 5.41) is 1.92. The predicted octanol–water partition coefficient (Wildman–Crippen LogP) is 1.94. The fourth-order valence-electron chi connectivity index (χ4n) is 3.69. The number of aromatic nitrogens is 1. The van der Waals surface area contributed by atoms with E-state index in [1.165, 1.54) is 30.6 Å². The lowest BCUT2D eigenvalue weighted by Gasteiger charge is -2.35. The smallest absolute Gasteiger partial charge is 0.307 e. The van der Waals surface area contributed by atoms with Crippen LogP contribution in [-0.2, 0) is 11.3 Å². The van der Waals surface area contributed by atoms with Crippen LogP contribution in [0.1, 0.15) is 37.8 Å². The minimum absolute atomic E-state index is 0.137. The van der Waals surface area contributed by atoms with Crippen molar-refractivity contribution in [3.05, 3.63) is 20.7 Å². The van der Waals surface area contributed by atoms with Crippen molar-refractivity contribution in [2.24, 2.45) is 5.92 Å². The molecule has 6 heteroatoms. The summed E-state index contributed by atoms with van der Waals surface area (Å²) in [6, 6.07) is 0. The molecule has 2 aliphatic heterocycles. The van der Waals surface area contributed by atoms with Crippen LogP contribution in [0, 0.1) is 12.8 Å². The third kappa shape index (κ3) is 4.04. The van der Waals surface area contributed by atoms with Crippen molar-refractivity contribution in [3.8, 4) is 0 Å². The van der Waals surface area contributed by atoms with Gasteiger partial charge in [0.1, 0.15) is 0 Å². The summed E-state index contributed by atoms with van der Waals surface area (Å²) < 4.78 is 1.86. The van der Waals surface area contributed by atoms with E-state index in [0.29, 0.717) is 5.91 Å². The highest BCUT2D eigenvalue weighted by molar-refractivity contribution is 7.07. The number of nitrogens with zero attached hydrogens (tertiary/aromatic N) is 3. The van der Waals surface area contributed by atoms with Crippen molar-refractivity contribution in [1.29, 1.82) is 0 Å². The Morgan fingerprint density at radius 3 is 2.43 bits per heavy atom. The molecule has 1 amide bonds. The van der Waals surface area contributed by atoms with Crippen LogP contribution < -0.4 is 4.87 Å². The van der Waals surface area contributed by atoms with E-state index in [2.05, 4.69) is 9.80 Å².